The second-order valence-electron chi connectivity index (χ2n) is 1.96. The van der Waals surface area contributed by atoms with Gasteiger partial charge in [0.15, 0.2) is 0 Å². The number of hydrogen-bond donors (Lipinski definition) is 0. The van der Waals surface area contributed by atoms with E-state index in [1.165, 1.54) is 6.20 Å². The molecule has 0 aliphatic carbocycles. The summed E-state index contributed by atoms with van der Waals surface area (Å²) < 4.78 is 0. The van der Waals surface area contributed by atoms with Crippen LogP contribution in [0.25, 0.3) is 0 Å². The molecular weight excluding hydrogens is 136 g/mol. The predicted molar refractivity (Wildman–Crippen MR) is 51.5 cm³/mol. The standard InChI is InChI=1S/C9H14N2/c1-5-9(11-7-3)8(4)10-6-2/h5-6H,1-2,7H2,3-4H3. The monoisotopic (exact) mass is 150 g/mol. The lowest BCUT2D eigenvalue weighted by Crippen LogP contribution is -2.06. The lowest BCUT2D eigenvalue weighted by molar-refractivity contribution is 1.14. The van der Waals surface area contributed by atoms with Gasteiger partial charge in [-0.15, -0.1) is 0 Å². The lowest BCUT2D eigenvalue weighted by Gasteiger charge is -1.96. The Morgan fingerprint density at radius 2 is 2.09 bits per heavy atom. The molecule has 0 aliphatic rings. The van der Waals surface area contributed by atoms with Crippen molar-refractivity contribution in [2.45, 2.75) is 13.8 Å². The van der Waals surface area contributed by atoms with Gasteiger partial charge in [0.25, 0.3) is 0 Å². The number of allylic oxidation sites excluding steroid dienone is 1. The quantitative estimate of drug-likeness (QED) is 0.549. The maximum absolute atomic E-state index is 4.18. The Bertz CT molecular complexity index is 200. The van der Waals surface area contributed by atoms with Gasteiger partial charge in [-0.1, -0.05) is 13.2 Å². The van der Waals surface area contributed by atoms with Crippen LogP contribution < -0.4 is 0 Å². The second kappa shape index (κ2) is 5.59. The average molecular weight is 150 g/mol. The Balaban J connectivity index is 4.50. The summed E-state index contributed by atoms with van der Waals surface area (Å²) >= 11 is 0. The molecule has 0 N–H and O–H groups in total. The first-order chi connectivity index (χ1) is 5.26. The van der Waals surface area contributed by atoms with Gasteiger partial charge in [-0.25, -0.2) is 0 Å². The van der Waals surface area contributed by atoms with E-state index in [1.807, 2.05) is 13.8 Å². The molecule has 0 fully saturated rings. The zero-order valence-corrected chi connectivity index (χ0v) is 7.17. The van der Waals surface area contributed by atoms with Gasteiger partial charge in [0.1, 0.15) is 0 Å². The zero-order chi connectivity index (χ0) is 8.69. The van der Waals surface area contributed by atoms with Crippen LogP contribution in [0.5, 0.6) is 0 Å². The third kappa shape index (κ3) is 3.50. The minimum Gasteiger partial charge on any atom is -0.284 e. The third-order valence-electron chi connectivity index (χ3n) is 1.18. The molecule has 0 atom stereocenters. The molecule has 0 heterocycles. The van der Waals surface area contributed by atoms with Gasteiger partial charge in [-0.05, 0) is 19.9 Å². The fourth-order valence-electron chi connectivity index (χ4n) is 0.700. The highest BCUT2D eigenvalue weighted by molar-refractivity contribution is 6.45. The molecule has 0 radical (unpaired) electrons. The topological polar surface area (TPSA) is 24.7 Å². The Kier molecular flexibility index (Phi) is 4.99. The second-order valence-corrected chi connectivity index (χ2v) is 1.96. The van der Waals surface area contributed by atoms with Crippen LogP contribution in [0.2, 0.25) is 0 Å². The molecule has 0 saturated heterocycles. The summed E-state index contributed by atoms with van der Waals surface area (Å²) in [6.45, 7) is 11.8. The fraction of sp³-hybridized carbons (Fsp3) is 0.333. The summed E-state index contributed by atoms with van der Waals surface area (Å²) in [5.74, 6) is 0. The summed E-state index contributed by atoms with van der Waals surface area (Å²) in [7, 11) is 0. The van der Waals surface area contributed by atoms with E-state index in [-0.39, 0.29) is 0 Å². The van der Waals surface area contributed by atoms with Gasteiger partial charge in [0.2, 0.25) is 0 Å². The SMILES string of the molecule is C=CN=C(C)C(C=C)=NCC. The van der Waals surface area contributed by atoms with Gasteiger partial charge in [0.05, 0.1) is 11.4 Å². The normalized spacial score (nSPS) is 12.9. The van der Waals surface area contributed by atoms with Gasteiger partial charge in [-0.3, -0.25) is 9.98 Å². The van der Waals surface area contributed by atoms with Crippen LogP contribution in [0.4, 0.5) is 0 Å². The zero-order valence-electron chi connectivity index (χ0n) is 7.17. The summed E-state index contributed by atoms with van der Waals surface area (Å²) in [5, 5.41) is 0. The lowest BCUT2D eigenvalue weighted by atomic mass is 10.2. The van der Waals surface area contributed by atoms with E-state index >= 15 is 0 Å². The van der Waals surface area contributed by atoms with Crippen LogP contribution in [0.15, 0.2) is 35.4 Å². The summed E-state index contributed by atoms with van der Waals surface area (Å²) in [6.07, 6.45) is 3.20. The van der Waals surface area contributed by atoms with E-state index in [2.05, 4.69) is 23.1 Å². The maximum Gasteiger partial charge on any atom is 0.0780 e. The third-order valence-corrected chi connectivity index (χ3v) is 1.18. The first kappa shape index (κ1) is 9.82. The molecule has 0 unspecified atom stereocenters. The van der Waals surface area contributed by atoms with Crippen molar-refractivity contribution in [3.05, 3.63) is 25.4 Å². The molecule has 0 saturated carbocycles. The van der Waals surface area contributed by atoms with Gasteiger partial charge in [0, 0.05) is 12.7 Å². The minimum absolute atomic E-state index is 0.755. The smallest absolute Gasteiger partial charge is 0.0780 e. The van der Waals surface area contributed by atoms with E-state index in [9.17, 15) is 0 Å². The first-order valence-corrected chi connectivity index (χ1v) is 3.58. The van der Waals surface area contributed by atoms with E-state index in [4.69, 9.17) is 0 Å². The number of hydrogen-bond acceptors (Lipinski definition) is 2. The van der Waals surface area contributed by atoms with E-state index in [1.54, 1.807) is 6.08 Å². The summed E-state index contributed by atoms with van der Waals surface area (Å²) in [4.78, 5) is 8.17. The molecule has 0 aromatic rings. The first-order valence-electron chi connectivity index (χ1n) is 3.58. The van der Waals surface area contributed by atoms with Crippen molar-refractivity contribution in [2.24, 2.45) is 9.98 Å². The largest absolute Gasteiger partial charge is 0.284 e. The van der Waals surface area contributed by atoms with Crippen LogP contribution in [-0.4, -0.2) is 18.0 Å². The number of aliphatic imine (C=N–C) groups is 2. The Morgan fingerprint density at radius 1 is 1.45 bits per heavy atom. The summed E-state index contributed by atoms with van der Waals surface area (Å²) in [6, 6.07) is 0. The van der Waals surface area contributed by atoms with Crippen molar-refractivity contribution in [3.63, 3.8) is 0 Å². The minimum atomic E-state index is 0.755. The van der Waals surface area contributed by atoms with E-state index in [0.717, 1.165) is 18.0 Å². The molecule has 0 aromatic heterocycles. The van der Waals surface area contributed by atoms with Gasteiger partial charge >= 0.3 is 0 Å². The highest BCUT2D eigenvalue weighted by Crippen LogP contribution is 1.87. The average Bonchev–Trinajstić information content (AvgIpc) is 2.00. The summed E-state index contributed by atoms with van der Waals surface area (Å²) in [5.41, 5.74) is 1.70. The molecular formula is C9H14N2. The van der Waals surface area contributed by atoms with Crippen LogP contribution in [0.3, 0.4) is 0 Å². The molecule has 0 amide bonds. The van der Waals surface area contributed by atoms with Crippen LogP contribution in [-0.2, 0) is 0 Å². The fourth-order valence-corrected chi connectivity index (χ4v) is 0.700. The van der Waals surface area contributed by atoms with Crippen molar-refractivity contribution in [1.29, 1.82) is 0 Å². The molecule has 0 aromatic carbocycles. The molecule has 60 valence electrons. The maximum atomic E-state index is 4.18. The molecule has 0 spiro atoms. The van der Waals surface area contributed by atoms with Crippen LogP contribution in [0, 0.1) is 0 Å². The molecule has 2 nitrogen and oxygen atoms in total. The van der Waals surface area contributed by atoms with Crippen molar-refractivity contribution >= 4 is 11.4 Å². The van der Waals surface area contributed by atoms with Crippen molar-refractivity contribution in [3.8, 4) is 0 Å². The van der Waals surface area contributed by atoms with Crippen LogP contribution >= 0.6 is 0 Å². The number of nitrogens with zero attached hydrogens (tertiary/aromatic N) is 2. The highest BCUT2D eigenvalue weighted by atomic mass is 14.8. The Hall–Kier alpha value is -1.18. The van der Waals surface area contributed by atoms with Crippen LogP contribution in [0.1, 0.15) is 13.8 Å². The van der Waals surface area contributed by atoms with Crippen molar-refractivity contribution in [1.82, 2.24) is 0 Å². The van der Waals surface area contributed by atoms with Gasteiger partial charge in [-0.2, -0.15) is 0 Å². The number of rotatable bonds is 4. The van der Waals surface area contributed by atoms with E-state index in [0.29, 0.717) is 0 Å². The molecule has 11 heavy (non-hydrogen) atoms. The predicted octanol–water partition coefficient (Wildman–Crippen LogP) is 2.24. The molecule has 0 bridgehead atoms. The molecule has 2 heteroatoms. The van der Waals surface area contributed by atoms with Crippen molar-refractivity contribution < 1.29 is 0 Å². The molecule has 0 rings (SSSR count). The van der Waals surface area contributed by atoms with Crippen molar-refractivity contribution in [2.75, 3.05) is 6.54 Å². The molecule has 0 aliphatic heterocycles. The Morgan fingerprint density at radius 3 is 2.45 bits per heavy atom. The van der Waals surface area contributed by atoms with E-state index < -0.39 is 0 Å². The van der Waals surface area contributed by atoms with Gasteiger partial charge < -0.3 is 0 Å². The highest BCUT2D eigenvalue weighted by Gasteiger charge is 1.94. The Labute approximate surface area is 68.1 Å².